The Bertz CT molecular complexity index is 1330. The van der Waals surface area contributed by atoms with E-state index in [1.165, 1.54) is 7.11 Å². The zero-order chi connectivity index (χ0) is 25.0. The molecule has 3 aliphatic rings. The Morgan fingerprint density at radius 2 is 2.00 bits per heavy atom. The van der Waals surface area contributed by atoms with E-state index in [9.17, 15) is 14.7 Å². The Kier molecular flexibility index (Phi) is 5.46. The maximum Gasteiger partial charge on any atom is 0.414 e. The number of carboxylic acids is 1. The first-order valence-corrected chi connectivity index (χ1v) is 12.9. The van der Waals surface area contributed by atoms with Crippen molar-refractivity contribution in [1.82, 2.24) is 19.5 Å². The fraction of sp³-hybridized carbons (Fsp3) is 0.519. The maximum absolute atomic E-state index is 12.7. The molecule has 1 amide bonds. The number of carbonyl (C=O) groups excluding carboxylic acids is 1. The van der Waals surface area contributed by atoms with Crippen LogP contribution in [0.4, 0.5) is 10.5 Å². The van der Waals surface area contributed by atoms with Crippen molar-refractivity contribution in [2.75, 3.05) is 12.0 Å². The van der Waals surface area contributed by atoms with Gasteiger partial charge in [0, 0.05) is 36.2 Å². The van der Waals surface area contributed by atoms with Crippen LogP contribution in [-0.2, 0) is 21.4 Å². The van der Waals surface area contributed by atoms with E-state index < -0.39 is 5.97 Å². The monoisotopic (exact) mass is 489 g/mol. The lowest BCUT2D eigenvalue weighted by Crippen LogP contribution is -2.42. The van der Waals surface area contributed by atoms with Crippen molar-refractivity contribution in [3.63, 3.8) is 0 Å². The molecule has 2 fully saturated rings. The number of aliphatic carboxylic acids is 1. The molecule has 0 spiro atoms. The van der Waals surface area contributed by atoms with Crippen LogP contribution in [0.2, 0.25) is 0 Å². The molecule has 0 radical (unpaired) electrons. The minimum absolute atomic E-state index is 0.0352. The number of methoxy groups -OCH3 is 1. The summed E-state index contributed by atoms with van der Waals surface area (Å²) >= 11 is 0. The summed E-state index contributed by atoms with van der Waals surface area (Å²) in [6, 6.07) is 4.14. The first kappa shape index (κ1) is 22.9. The lowest BCUT2D eigenvalue weighted by atomic mass is 9.85. The molecule has 3 atom stereocenters. The summed E-state index contributed by atoms with van der Waals surface area (Å²) in [6.45, 7) is 2.04. The number of nitrogens with zero attached hydrogens (tertiary/aromatic N) is 5. The van der Waals surface area contributed by atoms with Crippen molar-refractivity contribution < 1.29 is 19.4 Å². The number of fused-ring (bicyclic) bond motifs is 3. The number of amides is 1. The minimum atomic E-state index is -0.721. The molecule has 2 saturated carbocycles. The van der Waals surface area contributed by atoms with Crippen LogP contribution >= 0.6 is 0 Å². The number of hydrogen-bond donors (Lipinski definition) is 1. The Balaban J connectivity index is 1.56. The molecule has 1 N–H and O–H groups in total. The molecule has 0 bridgehead atoms. The Morgan fingerprint density at radius 1 is 1.17 bits per heavy atom. The largest absolute Gasteiger partial charge is 0.481 e. The van der Waals surface area contributed by atoms with Crippen LogP contribution in [0.3, 0.4) is 0 Å². The molecule has 2 aliphatic carbocycles. The van der Waals surface area contributed by atoms with Crippen molar-refractivity contribution in [3.05, 3.63) is 47.8 Å². The first-order chi connectivity index (χ1) is 17.4. The molecule has 1 aliphatic heterocycles. The summed E-state index contributed by atoms with van der Waals surface area (Å²) in [5.41, 5.74) is 4.40. The first-order valence-electron chi connectivity index (χ1n) is 12.9. The lowest BCUT2D eigenvalue weighted by molar-refractivity contribution is -0.143. The molecule has 9 heteroatoms. The highest BCUT2D eigenvalue weighted by atomic mass is 16.5. The Hall–Kier alpha value is -3.49. The lowest BCUT2D eigenvalue weighted by Gasteiger charge is -2.34. The zero-order valence-electron chi connectivity index (χ0n) is 20.7. The van der Waals surface area contributed by atoms with Crippen molar-refractivity contribution in [3.8, 4) is 0 Å². The molecule has 3 heterocycles. The summed E-state index contributed by atoms with van der Waals surface area (Å²) < 4.78 is 7.41. The number of benzene rings is 1. The summed E-state index contributed by atoms with van der Waals surface area (Å²) in [5.74, 6) is -0.125. The number of ether oxygens (including phenoxy) is 1. The van der Waals surface area contributed by atoms with E-state index in [-0.39, 0.29) is 29.5 Å². The quantitative estimate of drug-likeness (QED) is 0.569. The van der Waals surface area contributed by atoms with Crippen LogP contribution < -0.4 is 4.90 Å². The number of carbonyl (C=O) groups is 2. The van der Waals surface area contributed by atoms with Crippen LogP contribution in [0.1, 0.15) is 75.0 Å². The molecule has 3 aromatic rings. The van der Waals surface area contributed by atoms with Gasteiger partial charge < -0.3 is 14.4 Å². The molecule has 1 aromatic carbocycles. The third-order valence-corrected chi connectivity index (χ3v) is 8.42. The van der Waals surface area contributed by atoms with Gasteiger partial charge in [-0.25, -0.2) is 9.78 Å². The van der Waals surface area contributed by atoms with Crippen LogP contribution in [0, 0.1) is 5.92 Å². The number of anilines is 1. The average molecular weight is 490 g/mol. The van der Waals surface area contributed by atoms with E-state index in [2.05, 4.69) is 20.6 Å². The van der Waals surface area contributed by atoms with Crippen LogP contribution in [0.5, 0.6) is 0 Å². The van der Waals surface area contributed by atoms with E-state index in [0.29, 0.717) is 12.8 Å². The van der Waals surface area contributed by atoms with Gasteiger partial charge in [0.25, 0.3) is 0 Å². The standard InChI is InChI=1S/C27H31N5O4/c1-16-6-7-19-20(31(16)26(35)36-2)8-9-21-23(19)30-25(27(10-11-27)22-15-28-12-13-29-22)32(21)18-5-3-4-17(14-18)24(33)34/h8-9,12-13,15-18H,3-7,10-11,14H2,1-2H3,(H,33,34)/t16-,17+,18+/m0/s1. The highest BCUT2D eigenvalue weighted by molar-refractivity contribution is 5.95. The van der Waals surface area contributed by atoms with Gasteiger partial charge in [0.05, 0.1) is 40.9 Å². The number of imidazole rings is 1. The SMILES string of the molecule is COC(=O)N1c2ccc3c(nc(C4(c5cnccn5)CC4)n3[C@@H]3CCC[C@@H](C(=O)O)C3)c2CC[C@@H]1C. The second-order valence-corrected chi connectivity index (χ2v) is 10.5. The fourth-order valence-electron chi connectivity index (χ4n) is 6.37. The molecule has 0 unspecified atom stereocenters. The number of rotatable bonds is 4. The van der Waals surface area contributed by atoms with Gasteiger partial charge in [-0.2, -0.15) is 0 Å². The topological polar surface area (TPSA) is 110 Å². The van der Waals surface area contributed by atoms with Crippen LogP contribution in [0.25, 0.3) is 11.0 Å². The Labute approximate surface area is 209 Å². The van der Waals surface area contributed by atoms with Gasteiger partial charge in [0.1, 0.15) is 5.82 Å². The van der Waals surface area contributed by atoms with Crippen molar-refractivity contribution in [1.29, 1.82) is 0 Å². The fourth-order valence-corrected chi connectivity index (χ4v) is 6.37. The molecule has 188 valence electrons. The van der Waals surface area contributed by atoms with Gasteiger partial charge in [-0.05, 0) is 64.0 Å². The minimum Gasteiger partial charge on any atom is -0.481 e. The molecule has 6 rings (SSSR count). The van der Waals surface area contributed by atoms with Gasteiger partial charge in [0.2, 0.25) is 0 Å². The van der Waals surface area contributed by atoms with E-state index >= 15 is 0 Å². The summed E-state index contributed by atoms with van der Waals surface area (Å²) in [7, 11) is 1.41. The Morgan fingerprint density at radius 3 is 2.69 bits per heavy atom. The van der Waals surface area contributed by atoms with E-state index in [1.807, 2.05) is 19.2 Å². The molecular weight excluding hydrogens is 458 g/mol. The second kappa shape index (κ2) is 8.57. The van der Waals surface area contributed by atoms with Gasteiger partial charge in [-0.15, -0.1) is 0 Å². The molecular formula is C27H31N5O4. The van der Waals surface area contributed by atoms with Gasteiger partial charge >= 0.3 is 12.1 Å². The van der Waals surface area contributed by atoms with Crippen LogP contribution in [0.15, 0.2) is 30.7 Å². The third kappa shape index (κ3) is 3.47. The van der Waals surface area contributed by atoms with Gasteiger partial charge in [-0.1, -0.05) is 6.42 Å². The number of aryl methyl sites for hydroxylation is 1. The zero-order valence-corrected chi connectivity index (χ0v) is 20.7. The second-order valence-electron chi connectivity index (χ2n) is 10.5. The predicted octanol–water partition coefficient (Wildman–Crippen LogP) is 4.63. The number of hydrogen-bond acceptors (Lipinski definition) is 6. The van der Waals surface area contributed by atoms with Crippen molar-refractivity contribution in [2.45, 2.75) is 75.8 Å². The molecule has 2 aromatic heterocycles. The predicted molar refractivity (Wildman–Crippen MR) is 133 cm³/mol. The summed E-state index contributed by atoms with van der Waals surface area (Å²) in [6.07, 6.45) is 11.5. The number of carboxylic acid groups (broad SMARTS) is 1. The summed E-state index contributed by atoms with van der Waals surface area (Å²) in [4.78, 5) is 40.6. The molecule has 9 nitrogen and oxygen atoms in total. The summed E-state index contributed by atoms with van der Waals surface area (Å²) in [5, 5.41) is 9.78. The smallest absolute Gasteiger partial charge is 0.414 e. The van der Waals surface area contributed by atoms with Gasteiger partial charge in [-0.3, -0.25) is 19.7 Å². The number of aromatic nitrogens is 4. The van der Waals surface area contributed by atoms with Crippen molar-refractivity contribution >= 4 is 28.8 Å². The third-order valence-electron chi connectivity index (χ3n) is 8.42. The molecule has 36 heavy (non-hydrogen) atoms. The maximum atomic E-state index is 12.7. The van der Waals surface area contributed by atoms with E-state index in [1.54, 1.807) is 17.3 Å². The van der Waals surface area contributed by atoms with E-state index in [0.717, 1.165) is 72.3 Å². The highest BCUT2D eigenvalue weighted by Gasteiger charge is 2.52. The highest BCUT2D eigenvalue weighted by Crippen LogP contribution is 2.54. The average Bonchev–Trinajstić information content (AvgIpc) is 3.62. The van der Waals surface area contributed by atoms with E-state index in [4.69, 9.17) is 9.72 Å². The van der Waals surface area contributed by atoms with Crippen LogP contribution in [-0.4, -0.2) is 49.8 Å². The molecule has 0 saturated heterocycles. The van der Waals surface area contributed by atoms with Gasteiger partial charge in [0.15, 0.2) is 0 Å². The normalized spacial score (nSPS) is 24.8. The van der Waals surface area contributed by atoms with Crippen molar-refractivity contribution in [2.24, 2.45) is 5.92 Å².